The molecule has 2 aliphatic rings. The molecule has 2 aromatic rings. The Labute approximate surface area is 199 Å². The minimum Gasteiger partial charge on any atom is -0.493 e. The normalized spacial score (nSPS) is 21.4. The number of fused-ring (bicyclic) bond motifs is 3. The number of hydrogen-bond donors (Lipinski definition) is 2. The van der Waals surface area contributed by atoms with Crippen LogP contribution in [0.1, 0.15) is 54.2 Å². The van der Waals surface area contributed by atoms with Gasteiger partial charge in [0.15, 0.2) is 5.43 Å². The summed E-state index contributed by atoms with van der Waals surface area (Å²) in [6.45, 7) is 4.95. The zero-order chi connectivity index (χ0) is 24.6. The van der Waals surface area contributed by atoms with Gasteiger partial charge < -0.3 is 29.0 Å². The third-order valence-corrected chi connectivity index (χ3v) is 7.21. The number of benzene rings is 1. The van der Waals surface area contributed by atoms with E-state index < -0.39 is 11.4 Å². The lowest BCUT2D eigenvalue weighted by Crippen LogP contribution is -2.37. The van der Waals surface area contributed by atoms with Crippen LogP contribution in [0.25, 0.3) is 11.3 Å². The molecule has 0 spiro atoms. The van der Waals surface area contributed by atoms with E-state index in [-0.39, 0.29) is 23.6 Å². The number of aliphatic hydroxyl groups is 1. The van der Waals surface area contributed by atoms with E-state index in [1.165, 1.54) is 12.3 Å². The number of carboxylic acids is 1. The highest BCUT2D eigenvalue weighted by atomic mass is 16.5. The first-order valence-electron chi connectivity index (χ1n) is 11.6. The van der Waals surface area contributed by atoms with Gasteiger partial charge in [0, 0.05) is 49.1 Å². The Kier molecular flexibility index (Phi) is 6.85. The first-order valence-corrected chi connectivity index (χ1v) is 11.6. The molecule has 0 saturated heterocycles. The predicted molar refractivity (Wildman–Crippen MR) is 126 cm³/mol. The standard InChI is InChI=1S/C26H33NO7/c1-26(2,14-32-3)24-9-16-8-23(34-13-15-5-18(6-15)33-4)17(12-28)7-19(16)21-10-22(29)20(25(30)31)11-27(21)24/h7-8,10-11,15,18,24,28H,5-6,9,12-14H2,1-4H3,(H,30,31)/t15?,18?,24-/m0/s1. The van der Waals surface area contributed by atoms with Crippen molar-refractivity contribution in [3.05, 3.63) is 51.3 Å². The van der Waals surface area contributed by atoms with E-state index in [2.05, 4.69) is 13.8 Å². The van der Waals surface area contributed by atoms with Crippen LogP contribution in [-0.2, 0) is 22.5 Å². The van der Waals surface area contributed by atoms with Crippen LogP contribution in [0.3, 0.4) is 0 Å². The maximum atomic E-state index is 12.6. The van der Waals surface area contributed by atoms with Crippen LogP contribution in [-0.4, -0.2) is 54.3 Å². The van der Waals surface area contributed by atoms with Gasteiger partial charge in [0.2, 0.25) is 0 Å². The number of aliphatic hydroxyl groups excluding tert-OH is 1. The average molecular weight is 472 g/mol. The van der Waals surface area contributed by atoms with E-state index in [1.54, 1.807) is 14.2 Å². The van der Waals surface area contributed by atoms with E-state index in [4.69, 9.17) is 14.2 Å². The van der Waals surface area contributed by atoms with Gasteiger partial charge in [0.25, 0.3) is 0 Å². The van der Waals surface area contributed by atoms with Gasteiger partial charge in [-0.25, -0.2) is 4.79 Å². The van der Waals surface area contributed by atoms with E-state index in [0.717, 1.165) is 24.0 Å². The molecule has 1 aromatic carbocycles. The van der Waals surface area contributed by atoms with Gasteiger partial charge in [-0.1, -0.05) is 13.8 Å². The largest absolute Gasteiger partial charge is 0.493 e. The molecule has 0 amide bonds. The minimum atomic E-state index is -1.25. The summed E-state index contributed by atoms with van der Waals surface area (Å²) in [5.41, 5.74) is 1.92. The number of pyridine rings is 1. The summed E-state index contributed by atoms with van der Waals surface area (Å²) >= 11 is 0. The number of carbonyl (C=O) groups is 1. The van der Waals surface area contributed by atoms with Crippen molar-refractivity contribution >= 4 is 5.97 Å². The van der Waals surface area contributed by atoms with Crippen molar-refractivity contribution in [1.29, 1.82) is 0 Å². The van der Waals surface area contributed by atoms with Gasteiger partial charge in [0.1, 0.15) is 11.3 Å². The monoisotopic (exact) mass is 471 g/mol. The zero-order valence-corrected chi connectivity index (χ0v) is 20.2. The fraction of sp³-hybridized carbons (Fsp3) is 0.538. The quantitative estimate of drug-likeness (QED) is 0.578. The Bertz CT molecular complexity index is 1130. The molecule has 8 heteroatoms. The second-order valence-corrected chi connectivity index (χ2v) is 10.1. The molecule has 1 fully saturated rings. The van der Waals surface area contributed by atoms with Gasteiger partial charge in [-0.3, -0.25) is 4.79 Å². The van der Waals surface area contributed by atoms with Crippen LogP contribution in [0, 0.1) is 11.3 Å². The summed E-state index contributed by atoms with van der Waals surface area (Å²) in [5, 5.41) is 19.6. The number of carboxylic acid groups (broad SMARTS) is 1. The molecular formula is C26H33NO7. The molecule has 2 heterocycles. The Morgan fingerprint density at radius 3 is 2.56 bits per heavy atom. The Hall–Kier alpha value is -2.68. The lowest BCUT2D eigenvalue weighted by Gasteiger charge is -2.41. The van der Waals surface area contributed by atoms with Crippen molar-refractivity contribution in [3.8, 4) is 17.0 Å². The Balaban J connectivity index is 1.76. The second kappa shape index (κ2) is 9.52. The van der Waals surface area contributed by atoms with Crippen LogP contribution >= 0.6 is 0 Å². The molecule has 8 nitrogen and oxygen atoms in total. The SMILES string of the molecule is COCC(C)(C)[C@@H]1Cc2cc(OCC3CC(OC)C3)c(CO)cc2-c2cc(=O)c(C(=O)O)cn21. The first-order chi connectivity index (χ1) is 16.2. The van der Waals surface area contributed by atoms with Crippen LogP contribution in [0.15, 0.2) is 29.2 Å². The molecule has 1 atom stereocenters. The van der Waals surface area contributed by atoms with Gasteiger partial charge in [-0.05, 0) is 42.9 Å². The van der Waals surface area contributed by atoms with Crippen LogP contribution in [0.2, 0.25) is 0 Å². The fourth-order valence-electron chi connectivity index (χ4n) is 5.15. The maximum absolute atomic E-state index is 12.6. The van der Waals surface area contributed by atoms with E-state index in [9.17, 15) is 19.8 Å². The molecule has 1 saturated carbocycles. The topological polar surface area (TPSA) is 107 Å². The summed E-state index contributed by atoms with van der Waals surface area (Å²) in [6, 6.07) is 5.06. The molecule has 4 rings (SSSR count). The third-order valence-electron chi connectivity index (χ3n) is 7.21. The number of ether oxygens (including phenoxy) is 3. The predicted octanol–water partition coefficient (Wildman–Crippen LogP) is 3.28. The number of nitrogens with zero attached hydrogens (tertiary/aromatic N) is 1. The van der Waals surface area contributed by atoms with E-state index in [1.807, 2.05) is 16.7 Å². The molecule has 0 bridgehead atoms. The maximum Gasteiger partial charge on any atom is 0.341 e. The number of aromatic carboxylic acids is 1. The highest BCUT2D eigenvalue weighted by Crippen LogP contribution is 2.44. The first kappa shape index (κ1) is 24.4. The summed E-state index contributed by atoms with van der Waals surface area (Å²) in [7, 11) is 3.36. The average Bonchev–Trinajstić information content (AvgIpc) is 2.76. The van der Waals surface area contributed by atoms with Crippen LogP contribution in [0.5, 0.6) is 5.75 Å². The molecule has 34 heavy (non-hydrogen) atoms. The summed E-state index contributed by atoms with van der Waals surface area (Å²) in [4.78, 5) is 24.3. The van der Waals surface area contributed by atoms with Crippen molar-refractivity contribution in [2.24, 2.45) is 11.3 Å². The molecule has 184 valence electrons. The van der Waals surface area contributed by atoms with Crippen molar-refractivity contribution in [2.75, 3.05) is 27.4 Å². The van der Waals surface area contributed by atoms with Crippen molar-refractivity contribution in [1.82, 2.24) is 4.57 Å². The zero-order valence-electron chi connectivity index (χ0n) is 20.2. The molecule has 0 radical (unpaired) electrons. The van der Waals surface area contributed by atoms with Crippen molar-refractivity contribution < 1.29 is 29.2 Å². The Morgan fingerprint density at radius 1 is 1.21 bits per heavy atom. The lowest BCUT2D eigenvalue weighted by atomic mass is 9.77. The highest BCUT2D eigenvalue weighted by molar-refractivity contribution is 5.87. The summed E-state index contributed by atoms with van der Waals surface area (Å²) < 4.78 is 18.8. The molecule has 1 aliphatic carbocycles. The van der Waals surface area contributed by atoms with Gasteiger partial charge in [0.05, 0.1) is 31.6 Å². The van der Waals surface area contributed by atoms with Gasteiger partial charge in [-0.15, -0.1) is 0 Å². The summed E-state index contributed by atoms with van der Waals surface area (Å²) in [5.74, 6) is -0.182. The minimum absolute atomic E-state index is 0.143. The lowest BCUT2D eigenvalue weighted by molar-refractivity contribution is -0.0144. The van der Waals surface area contributed by atoms with E-state index >= 15 is 0 Å². The Morgan fingerprint density at radius 2 is 1.94 bits per heavy atom. The number of methoxy groups -OCH3 is 2. The van der Waals surface area contributed by atoms with Gasteiger partial charge >= 0.3 is 5.97 Å². The molecule has 1 aromatic heterocycles. The molecule has 2 N–H and O–H groups in total. The van der Waals surface area contributed by atoms with Gasteiger partial charge in [-0.2, -0.15) is 0 Å². The highest BCUT2D eigenvalue weighted by Gasteiger charge is 2.37. The van der Waals surface area contributed by atoms with Crippen molar-refractivity contribution in [3.63, 3.8) is 0 Å². The molecule has 1 aliphatic heterocycles. The molecular weight excluding hydrogens is 438 g/mol. The van der Waals surface area contributed by atoms with Crippen molar-refractivity contribution in [2.45, 2.75) is 51.9 Å². The molecule has 0 unspecified atom stereocenters. The number of aromatic nitrogens is 1. The number of rotatable bonds is 9. The summed E-state index contributed by atoms with van der Waals surface area (Å²) in [6.07, 6.45) is 4.27. The van der Waals surface area contributed by atoms with Crippen LogP contribution < -0.4 is 10.2 Å². The fourth-order valence-corrected chi connectivity index (χ4v) is 5.15. The third kappa shape index (κ3) is 4.50. The smallest absolute Gasteiger partial charge is 0.341 e. The number of hydrogen-bond acceptors (Lipinski definition) is 6. The van der Waals surface area contributed by atoms with Crippen LogP contribution in [0.4, 0.5) is 0 Å². The second-order valence-electron chi connectivity index (χ2n) is 10.1. The van der Waals surface area contributed by atoms with E-state index in [0.29, 0.717) is 48.7 Å².